The van der Waals surface area contributed by atoms with Gasteiger partial charge < -0.3 is 0 Å². The second-order valence-corrected chi connectivity index (χ2v) is 5.39. The highest BCUT2D eigenvalue weighted by Gasteiger charge is 2.13. The summed E-state index contributed by atoms with van der Waals surface area (Å²) in [5.41, 5.74) is 8.04. The third kappa shape index (κ3) is 2.64. The quantitative estimate of drug-likeness (QED) is 0.678. The maximum absolute atomic E-state index is 2.24. The van der Waals surface area contributed by atoms with Gasteiger partial charge in [0.15, 0.2) is 7.28 Å². The summed E-state index contributed by atoms with van der Waals surface area (Å²) in [5.74, 6) is 2.23. The highest BCUT2D eigenvalue weighted by Crippen LogP contribution is 2.30. The van der Waals surface area contributed by atoms with Crippen LogP contribution in [0.5, 0.6) is 0 Å². The molecule has 0 N–H and O–H groups in total. The minimum atomic E-state index is 0.972. The average molecular weight is 270 g/mol. The van der Waals surface area contributed by atoms with Gasteiger partial charge in [0, 0.05) is 0 Å². The summed E-state index contributed by atoms with van der Waals surface area (Å²) in [6.07, 6.45) is 10.8. The maximum Gasteiger partial charge on any atom is 0.183 e. The van der Waals surface area contributed by atoms with Crippen molar-refractivity contribution in [3.05, 3.63) is 77.3 Å². The smallest absolute Gasteiger partial charge is 0.114 e. The maximum atomic E-state index is 2.24. The van der Waals surface area contributed by atoms with Crippen molar-refractivity contribution in [2.24, 2.45) is 0 Å². The Hall–Kier alpha value is -2.28. The molecule has 2 aromatic carbocycles. The lowest BCUT2D eigenvalue weighted by molar-refractivity contribution is 1.42. The van der Waals surface area contributed by atoms with Gasteiger partial charge in [-0.05, 0) is 41.7 Å². The van der Waals surface area contributed by atoms with Crippen LogP contribution >= 0.6 is 0 Å². The lowest BCUT2D eigenvalue weighted by Crippen LogP contribution is -2.16. The van der Waals surface area contributed by atoms with Crippen LogP contribution in [0.1, 0.15) is 23.6 Å². The minimum Gasteiger partial charge on any atom is -0.114 e. The molecule has 2 aromatic rings. The number of hydrogen-bond donors (Lipinski definition) is 0. The van der Waals surface area contributed by atoms with Crippen molar-refractivity contribution in [3.8, 4) is 11.1 Å². The summed E-state index contributed by atoms with van der Waals surface area (Å²) >= 11 is 0. The van der Waals surface area contributed by atoms with E-state index in [1.165, 1.54) is 33.3 Å². The van der Waals surface area contributed by atoms with Crippen molar-refractivity contribution in [2.45, 2.75) is 13.8 Å². The van der Waals surface area contributed by atoms with Crippen LogP contribution in [-0.4, -0.2) is 7.28 Å². The van der Waals surface area contributed by atoms with Gasteiger partial charge in [-0.15, -0.1) is 5.98 Å². The molecular formula is C20H19B. The van der Waals surface area contributed by atoms with E-state index in [0.29, 0.717) is 0 Å². The van der Waals surface area contributed by atoms with E-state index in [1.54, 1.807) is 0 Å². The summed E-state index contributed by atoms with van der Waals surface area (Å²) < 4.78 is 0. The molecule has 21 heavy (non-hydrogen) atoms. The molecule has 0 radical (unpaired) electrons. The van der Waals surface area contributed by atoms with E-state index >= 15 is 0 Å². The second-order valence-electron chi connectivity index (χ2n) is 5.39. The van der Waals surface area contributed by atoms with Crippen molar-refractivity contribution < 1.29 is 0 Å². The second kappa shape index (κ2) is 6.01. The zero-order valence-corrected chi connectivity index (χ0v) is 12.6. The van der Waals surface area contributed by atoms with Crippen molar-refractivity contribution >= 4 is 24.9 Å². The highest BCUT2D eigenvalue weighted by molar-refractivity contribution is 6.60. The van der Waals surface area contributed by atoms with E-state index < -0.39 is 0 Å². The summed E-state index contributed by atoms with van der Waals surface area (Å²) in [7, 11) is 0.972. The first kappa shape index (κ1) is 13.7. The van der Waals surface area contributed by atoms with Crippen molar-refractivity contribution in [3.63, 3.8) is 0 Å². The lowest BCUT2D eigenvalue weighted by atomic mass is 9.66. The molecule has 0 aromatic heterocycles. The van der Waals surface area contributed by atoms with Gasteiger partial charge in [0.2, 0.25) is 0 Å². The number of fused-ring (bicyclic) bond motifs is 4. The monoisotopic (exact) mass is 270 g/mol. The van der Waals surface area contributed by atoms with Crippen LogP contribution in [0, 0.1) is 6.92 Å². The van der Waals surface area contributed by atoms with Crippen LogP contribution in [0.3, 0.4) is 0 Å². The Morgan fingerprint density at radius 2 is 1.86 bits per heavy atom. The molecule has 1 heteroatoms. The molecule has 0 atom stereocenters. The Bertz CT molecular complexity index is 748. The van der Waals surface area contributed by atoms with Crippen LogP contribution in [0.25, 0.3) is 23.3 Å². The van der Waals surface area contributed by atoms with Crippen LogP contribution in [0.15, 0.2) is 60.6 Å². The lowest BCUT2D eigenvalue weighted by Gasteiger charge is -2.17. The molecule has 0 saturated carbocycles. The number of benzene rings is 2. The standard InChI is InChI=1S/C20H19B/c1-3-8-17-13-12-16-9-6-7-14-21-19-11-5-4-10-18(19)20(17)15(16)2/h3-14,21H,1-2H3/b8-3-,9-6-,14-7+. The van der Waals surface area contributed by atoms with E-state index in [-0.39, 0.29) is 0 Å². The van der Waals surface area contributed by atoms with Crippen LogP contribution < -0.4 is 5.46 Å². The van der Waals surface area contributed by atoms with Crippen molar-refractivity contribution in [1.29, 1.82) is 0 Å². The molecule has 0 unspecified atom stereocenters. The van der Waals surface area contributed by atoms with Gasteiger partial charge in [0.25, 0.3) is 0 Å². The summed E-state index contributed by atoms with van der Waals surface area (Å²) in [6, 6.07) is 13.2. The third-order valence-corrected chi connectivity index (χ3v) is 4.03. The minimum absolute atomic E-state index is 0.972. The molecule has 1 heterocycles. The number of hydrogen-bond acceptors (Lipinski definition) is 0. The Morgan fingerprint density at radius 3 is 2.71 bits per heavy atom. The fourth-order valence-electron chi connectivity index (χ4n) is 2.98. The molecule has 0 nitrogen and oxygen atoms in total. The molecule has 0 aliphatic carbocycles. The van der Waals surface area contributed by atoms with E-state index in [4.69, 9.17) is 0 Å². The Morgan fingerprint density at radius 1 is 1.00 bits per heavy atom. The first-order chi connectivity index (χ1) is 10.3. The summed E-state index contributed by atoms with van der Waals surface area (Å²) in [6.45, 7) is 4.30. The van der Waals surface area contributed by atoms with Crippen LogP contribution in [-0.2, 0) is 0 Å². The van der Waals surface area contributed by atoms with Gasteiger partial charge in [0.1, 0.15) is 0 Å². The van der Waals surface area contributed by atoms with E-state index in [0.717, 1.165) is 7.28 Å². The van der Waals surface area contributed by atoms with E-state index in [1.807, 2.05) is 0 Å². The summed E-state index contributed by atoms with van der Waals surface area (Å²) in [5, 5.41) is 0. The predicted molar refractivity (Wildman–Crippen MR) is 96.3 cm³/mol. The zero-order chi connectivity index (χ0) is 14.7. The number of rotatable bonds is 1. The molecule has 0 saturated heterocycles. The van der Waals surface area contributed by atoms with E-state index in [2.05, 4.69) is 86.6 Å². The van der Waals surface area contributed by atoms with Crippen molar-refractivity contribution in [2.75, 3.05) is 0 Å². The molecule has 2 bridgehead atoms. The molecule has 0 amide bonds. The highest BCUT2D eigenvalue weighted by atomic mass is 14.1. The third-order valence-electron chi connectivity index (χ3n) is 4.03. The average Bonchev–Trinajstić information content (AvgIpc) is 2.49. The van der Waals surface area contributed by atoms with Gasteiger partial charge in [0.05, 0.1) is 0 Å². The van der Waals surface area contributed by atoms with Gasteiger partial charge in [-0.1, -0.05) is 72.2 Å². The number of allylic oxidation sites excluding steroid dienone is 3. The largest absolute Gasteiger partial charge is 0.183 e. The molecule has 0 spiro atoms. The Balaban J connectivity index is 2.37. The molecular weight excluding hydrogens is 251 g/mol. The molecule has 0 fully saturated rings. The topological polar surface area (TPSA) is 0 Å². The van der Waals surface area contributed by atoms with Gasteiger partial charge in [-0.25, -0.2) is 0 Å². The van der Waals surface area contributed by atoms with E-state index in [9.17, 15) is 0 Å². The fourth-order valence-corrected chi connectivity index (χ4v) is 2.98. The SMILES string of the molecule is C/C=C\c1ccc2c(C)c1-c1ccccc1B/C=C/C=C\2. The fraction of sp³-hybridized carbons (Fsp3) is 0.100. The van der Waals surface area contributed by atoms with Crippen LogP contribution in [0.4, 0.5) is 0 Å². The normalized spacial score (nSPS) is 16.1. The Labute approximate surface area is 127 Å². The van der Waals surface area contributed by atoms with Gasteiger partial charge in [-0.3, -0.25) is 0 Å². The summed E-state index contributed by atoms with van der Waals surface area (Å²) in [4.78, 5) is 0. The molecule has 3 rings (SSSR count). The van der Waals surface area contributed by atoms with Gasteiger partial charge in [-0.2, -0.15) is 0 Å². The van der Waals surface area contributed by atoms with Gasteiger partial charge >= 0.3 is 0 Å². The predicted octanol–water partition coefficient (Wildman–Crippen LogP) is 4.30. The Kier molecular flexibility index (Phi) is 3.92. The molecule has 102 valence electrons. The van der Waals surface area contributed by atoms with Crippen LogP contribution in [0.2, 0.25) is 0 Å². The molecule has 1 aliphatic rings. The first-order valence-electron chi connectivity index (χ1n) is 7.49. The first-order valence-corrected chi connectivity index (χ1v) is 7.49. The van der Waals surface area contributed by atoms with Crippen molar-refractivity contribution in [1.82, 2.24) is 0 Å². The zero-order valence-electron chi connectivity index (χ0n) is 12.6. The molecule has 1 aliphatic heterocycles.